The Hall–Kier alpha value is -3.16. The molecular weight excluding hydrogens is 495 g/mol. The van der Waals surface area contributed by atoms with Crippen LogP contribution in [-0.2, 0) is 23.9 Å². The molecule has 10 nitrogen and oxygen atoms in total. The van der Waals surface area contributed by atoms with Gasteiger partial charge in [0.25, 0.3) is 6.43 Å². The van der Waals surface area contributed by atoms with Gasteiger partial charge in [-0.15, -0.1) is 11.8 Å². The number of hydrogen-bond acceptors (Lipinski definition) is 8. The van der Waals surface area contributed by atoms with Crippen LogP contribution in [0, 0.1) is 11.7 Å². The van der Waals surface area contributed by atoms with Gasteiger partial charge in [-0.3, -0.25) is 19.2 Å². The molecule has 14 heteroatoms. The van der Waals surface area contributed by atoms with Gasteiger partial charge in [-0.05, 0) is 12.1 Å². The van der Waals surface area contributed by atoms with E-state index < -0.39 is 61.0 Å². The summed E-state index contributed by atoms with van der Waals surface area (Å²) in [6.07, 6.45) is -2.92. The maximum atomic E-state index is 15.4. The number of nitrogens with one attached hydrogen (secondary N) is 1. The van der Waals surface area contributed by atoms with E-state index in [-0.39, 0.29) is 28.6 Å². The molecule has 3 N–H and O–H groups in total. The van der Waals surface area contributed by atoms with Crippen LogP contribution in [-0.4, -0.2) is 80.9 Å². The average Bonchev–Trinajstić information content (AvgIpc) is 2.81. The van der Waals surface area contributed by atoms with Gasteiger partial charge in [0.1, 0.15) is 6.04 Å². The number of esters is 1. The van der Waals surface area contributed by atoms with Crippen LogP contribution in [0.5, 0.6) is 11.5 Å². The van der Waals surface area contributed by atoms with Crippen molar-refractivity contribution in [2.24, 2.45) is 11.7 Å². The number of halogens is 3. The smallest absolute Gasteiger partial charge is 0.310 e. The molecule has 0 spiro atoms. The van der Waals surface area contributed by atoms with Crippen LogP contribution in [0.25, 0.3) is 0 Å². The molecule has 0 aliphatic rings. The molecule has 196 valence electrons. The number of nitrogens with zero attached hydrogens (tertiary/aromatic N) is 1. The first-order chi connectivity index (χ1) is 16.5. The quantitative estimate of drug-likeness (QED) is 0.346. The zero-order valence-electron chi connectivity index (χ0n) is 19.6. The van der Waals surface area contributed by atoms with E-state index in [1.54, 1.807) is 0 Å². The molecule has 0 saturated carbocycles. The highest BCUT2D eigenvalue weighted by Crippen LogP contribution is 2.36. The van der Waals surface area contributed by atoms with E-state index in [0.717, 1.165) is 36.9 Å². The summed E-state index contributed by atoms with van der Waals surface area (Å²) in [6.45, 7) is -0.0831. The predicted molar refractivity (Wildman–Crippen MR) is 121 cm³/mol. The topological polar surface area (TPSA) is 137 Å². The van der Waals surface area contributed by atoms with E-state index in [4.69, 9.17) is 15.2 Å². The molecule has 2 atom stereocenters. The van der Waals surface area contributed by atoms with Crippen molar-refractivity contribution in [1.29, 1.82) is 0 Å². The maximum Gasteiger partial charge on any atom is 0.310 e. The molecule has 35 heavy (non-hydrogen) atoms. The summed E-state index contributed by atoms with van der Waals surface area (Å²) in [5, 5.41) is 1.98. The van der Waals surface area contributed by atoms with Gasteiger partial charge >= 0.3 is 5.97 Å². The Morgan fingerprint density at radius 2 is 1.77 bits per heavy atom. The molecule has 0 fully saturated rings. The van der Waals surface area contributed by atoms with E-state index in [1.807, 2.05) is 5.32 Å². The first-order valence-electron chi connectivity index (χ1n) is 10.2. The summed E-state index contributed by atoms with van der Waals surface area (Å²) in [4.78, 5) is 50.1. The summed E-state index contributed by atoms with van der Waals surface area (Å²) >= 11 is 0.827. The van der Waals surface area contributed by atoms with Crippen molar-refractivity contribution in [3.8, 4) is 11.5 Å². The van der Waals surface area contributed by atoms with Gasteiger partial charge < -0.3 is 30.2 Å². The standard InChI is InChI=1S/C21H28F3N3O7S/c1-11(21(31)34-4)8-27(16(29)10-35-9-15(25)28)18(20(30)26-7-14(22)23)12-5-6-13(32-2)19(33-3)17(12)24/h5-6,11,14,18H,7-10H2,1-4H3,(H2,25,28)(H,26,30)/t11-,18?/m1/s1. The van der Waals surface area contributed by atoms with E-state index in [2.05, 4.69) is 4.74 Å². The number of carbonyl (C=O) groups is 4. The number of primary amides is 1. The zero-order valence-corrected chi connectivity index (χ0v) is 20.5. The van der Waals surface area contributed by atoms with Crippen LogP contribution < -0.4 is 20.5 Å². The number of carbonyl (C=O) groups excluding carboxylic acids is 4. The van der Waals surface area contributed by atoms with Gasteiger partial charge in [0.2, 0.25) is 17.7 Å². The number of thioether (sulfide) groups is 1. The van der Waals surface area contributed by atoms with Crippen molar-refractivity contribution in [3.05, 3.63) is 23.5 Å². The van der Waals surface area contributed by atoms with E-state index in [9.17, 15) is 28.0 Å². The number of rotatable bonds is 14. The molecule has 0 saturated heterocycles. The molecule has 1 aromatic rings. The zero-order chi connectivity index (χ0) is 26.7. The number of ether oxygens (including phenoxy) is 3. The van der Waals surface area contributed by atoms with Crippen LogP contribution in [0.15, 0.2) is 12.1 Å². The van der Waals surface area contributed by atoms with Crippen molar-refractivity contribution < 1.29 is 46.6 Å². The third-order valence-electron chi connectivity index (χ3n) is 4.66. The molecule has 1 aromatic carbocycles. The third-order valence-corrected chi connectivity index (χ3v) is 5.60. The number of methoxy groups -OCH3 is 3. The summed E-state index contributed by atoms with van der Waals surface area (Å²) in [5.74, 6) is -6.37. The van der Waals surface area contributed by atoms with Crippen LogP contribution >= 0.6 is 11.8 Å². The lowest BCUT2D eigenvalue weighted by atomic mass is 10.0. The molecule has 1 unspecified atom stereocenters. The Morgan fingerprint density at radius 3 is 2.29 bits per heavy atom. The molecular formula is C21H28F3N3O7S. The lowest BCUT2D eigenvalue weighted by Crippen LogP contribution is -2.48. The van der Waals surface area contributed by atoms with Gasteiger partial charge in [0.15, 0.2) is 17.3 Å². The fourth-order valence-electron chi connectivity index (χ4n) is 3.08. The first kappa shape index (κ1) is 29.9. The fourth-order valence-corrected chi connectivity index (χ4v) is 3.73. The van der Waals surface area contributed by atoms with Gasteiger partial charge in [-0.25, -0.2) is 13.2 Å². The minimum atomic E-state index is -2.92. The van der Waals surface area contributed by atoms with Crippen molar-refractivity contribution in [1.82, 2.24) is 10.2 Å². The van der Waals surface area contributed by atoms with Crippen molar-refractivity contribution in [2.75, 3.05) is 45.9 Å². The summed E-state index contributed by atoms with van der Waals surface area (Å²) in [7, 11) is 3.53. The number of hydrogen-bond donors (Lipinski definition) is 2. The second-order valence-electron chi connectivity index (χ2n) is 7.17. The number of alkyl halides is 2. The van der Waals surface area contributed by atoms with Crippen LogP contribution in [0.4, 0.5) is 13.2 Å². The Morgan fingerprint density at radius 1 is 1.11 bits per heavy atom. The van der Waals surface area contributed by atoms with Gasteiger partial charge in [0, 0.05) is 12.1 Å². The second-order valence-corrected chi connectivity index (χ2v) is 8.16. The number of benzene rings is 1. The lowest BCUT2D eigenvalue weighted by Gasteiger charge is -2.33. The SMILES string of the molecule is COC(=O)[C@H](C)CN(C(=O)CSCC(N)=O)C(C(=O)NCC(F)F)c1ccc(OC)c(OC)c1F. The monoisotopic (exact) mass is 523 g/mol. The molecule has 0 aliphatic carbocycles. The normalized spacial score (nSPS) is 12.5. The van der Waals surface area contributed by atoms with E-state index >= 15 is 4.39 Å². The largest absolute Gasteiger partial charge is 0.493 e. The fraction of sp³-hybridized carbons (Fsp3) is 0.524. The van der Waals surface area contributed by atoms with Crippen molar-refractivity contribution in [2.45, 2.75) is 19.4 Å². The molecule has 0 aliphatic heterocycles. The van der Waals surface area contributed by atoms with Crippen LogP contribution in [0.2, 0.25) is 0 Å². The highest BCUT2D eigenvalue weighted by Gasteiger charge is 2.37. The molecule has 0 bridgehead atoms. The number of nitrogens with two attached hydrogens (primary N) is 1. The minimum absolute atomic E-state index is 0.0155. The highest BCUT2D eigenvalue weighted by molar-refractivity contribution is 8.00. The molecule has 0 heterocycles. The summed E-state index contributed by atoms with van der Waals surface area (Å²) in [5.41, 5.74) is 4.69. The predicted octanol–water partition coefficient (Wildman–Crippen LogP) is 1.12. The molecule has 1 rings (SSSR count). The minimum Gasteiger partial charge on any atom is -0.493 e. The van der Waals surface area contributed by atoms with Gasteiger partial charge in [-0.1, -0.05) is 6.92 Å². The Labute approximate surface area is 204 Å². The van der Waals surface area contributed by atoms with Gasteiger partial charge in [-0.2, -0.15) is 0 Å². The van der Waals surface area contributed by atoms with E-state index in [0.29, 0.717) is 0 Å². The van der Waals surface area contributed by atoms with E-state index in [1.165, 1.54) is 20.1 Å². The molecule has 3 amide bonds. The highest BCUT2D eigenvalue weighted by atomic mass is 32.2. The third kappa shape index (κ3) is 8.53. The van der Waals surface area contributed by atoms with Gasteiger partial charge in [0.05, 0.1) is 45.3 Å². The Kier molecular flexibility index (Phi) is 12.2. The average molecular weight is 524 g/mol. The second kappa shape index (κ2) is 14.3. The van der Waals surface area contributed by atoms with Crippen molar-refractivity contribution in [3.63, 3.8) is 0 Å². The van der Waals surface area contributed by atoms with Crippen molar-refractivity contribution >= 4 is 35.5 Å². The maximum absolute atomic E-state index is 15.4. The lowest BCUT2D eigenvalue weighted by molar-refractivity contribution is -0.148. The van der Waals surface area contributed by atoms with Crippen LogP contribution in [0.3, 0.4) is 0 Å². The summed E-state index contributed by atoms with van der Waals surface area (Å²) in [6, 6.07) is 0.643. The summed E-state index contributed by atoms with van der Waals surface area (Å²) < 4.78 is 55.8. The molecule has 0 aromatic heterocycles. The van der Waals surface area contributed by atoms with Crippen LogP contribution in [0.1, 0.15) is 18.5 Å². The molecule has 0 radical (unpaired) electrons. The Balaban J connectivity index is 3.60. The Bertz CT molecular complexity index is 920. The number of amides is 3. The first-order valence-corrected chi connectivity index (χ1v) is 11.3.